The smallest absolute Gasteiger partial charge is 0.261 e. The molecule has 0 aliphatic carbocycles. The molecule has 2 aliphatic heterocycles. The van der Waals surface area contributed by atoms with Crippen LogP contribution >= 0.6 is 0 Å². The fourth-order valence-corrected chi connectivity index (χ4v) is 6.17. The van der Waals surface area contributed by atoms with Gasteiger partial charge >= 0.3 is 0 Å². The van der Waals surface area contributed by atoms with Gasteiger partial charge in [0, 0.05) is 30.1 Å². The lowest BCUT2D eigenvalue weighted by atomic mass is 9.89. The van der Waals surface area contributed by atoms with Gasteiger partial charge in [0.2, 0.25) is 0 Å². The normalized spacial score (nSPS) is 15.1. The van der Waals surface area contributed by atoms with Gasteiger partial charge in [-0.2, -0.15) is 0 Å². The molecule has 4 aromatic rings. The van der Waals surface area contributed by atoms with Gasteiger partial charge in [0.15, 0.2) is 5.78 Å². The van der Waals surface area contributed by atoms with Gasteiger partial charge in [0.1, 0.15) is 11.6 Å². The number of piperidine rings is 1. The number of anilines is 1. The highest BCUT2D eigenvalue weighted by Crippen LogP contribution is 2.30. The fraction of sp³-hybridized carbons (Fsp3) is 0.243. The lowest BCUT2D eigenvalue weighted by Gasteiger charge is -2.33. The Morgan fingerprint density at radius 1 is 0.804 bits per heavy atom. The topological polar surface area (TPSA) is 87.2 Å². The monoisotopic (exact) mass is 619 g/mol. The highest BCUT2D eigenvalue weighted by Gasteiger charge is 2.35. The molecule has 6 rings (SSSR count). The molecule has 1 saturated heterocycles. The highest BCUT2D eigenvalue weighted by atomic mass is 19.1. The average molecular weight is 620 g/mol. The third-order valence-electron chi connectivity index (χ3n) is 8.77. The van der Waals surface area contributed by atoms with Crippen LogP contribution in [0.15, 0.2) is 97.1 Å². The number of carbonyl (C=O) groups is 4. The van der Waals surface area contributed by atoms with Gasteiger partial charge in [-0.25, -0.2) is 4.39 Å². The predicted molar refractivity (Wildman–Crippen MR) is 172 cm³/mol. The van der Waals surface area contributed by atoms with Crippen LogP contribution in [0, 0.1) is 11.7 Å². The summed E-state index contributed by atoms with van der Waals surface area (Å²) in [6, 6.07) is 26.8. The van der Waals surface area contributed by atoms with Crippen LogP contribution in [0.25, 0.3) is 0 Å². The van der Waals surface area contributed by atoms with Gasteiger partial charge in [-0.15, -0.1) is 0 Å². The van der Waals surface area contributed by atoms with Crippen LogP contribution in [0.1, 0.15) is 59.8 Å². The van der Waals surface area contributed by atoms with Crippen molar-refractivity contribution >= 4 is 29.2 Å². The molecule has 0 radical (unpaired) electrons. The molecule has 9 heteroatoms. The number of carbonyl (C=O) groups excluding carboxylic acids is 4. The molecule has 4 aromatic carbocycles. The maximum absolute atomic E-state index is 14.0. The van der Waals surface area contributed by atoms with E-state index in [4.69, 9.17) is 4.74 Å². The summed E-state index contributed by atoms with van der Waals surface area (Å²) < 4.78 is 18.9. The van der Waals surface area contributed by atoms with Crippen molar-refractivity contribution in [2.75, 3.05) is 38.2 Å². The molecule has 3 amide bonds. The molecule has 2 heterocycles. The van der Waals surface area contributed by atoms with Gasteiger partial charge in [0.05, 0.1) is 30.5 Å². The Labute approximate surface area is 267 Å². The summed E-state index contributed by atoms with van der Waals surface area (Å²) in [5.74, 6) is -0.735. The molecule has 0 N–H and O–H groups in total. The number of amides is 3. The minimum absolute atomic E-state index is 0.0388. The number of hydrogen-bond donors (Lipinski definition) is 0. The highest BCUT2D eigenvalue weighted by molar-refractivity contribution is 6.21. The lowest BCUT2D eigenvalue weighted by Crippen LogP contribution is -2.43. The zero-order valence-electron chi connectivity index (χ0n) is 25.5. The van der Waals surface area contributed by atoms with Gasteiger partial charge in [-0.1, -0.05) is 36.4 Å². The maximum atomic E-state index is 14.0. The number of para-hydroxylation sites is 2. The number of imide groups is 1. The van der Waals surface area contributed by atoms with E-state index in [1.807, 2.05) is 24.3 Å². The molecule has 234 valence electrons. The van der Waals surface area contributed by atoms with Crippen molar-refractivity contribution in [1.82, 2.24) is 9.80 Å². The predicted octanol–water partition coefficient (Wildman–Crippen LogP) is 5.87. The number of nitrogens with zero attached hydrogens (tertiary/aromatic N) is 3. The van der Waals surface area contributed by atoms with Gasteiger partial charge in [-0.05, 0) is 92.2 Å². The molecule has 46 heavy (non-hydrogen) atoms. The molecular formula is C37H34FN3O5. The average Bonchev–Trinajstić information content (AvgIpc) is 3.33. The first-order valence-electron chi connectivity index (χ1n) is 15.3. The van der Waals surface area contributed by atoms with Crippen molar-refractivity contribution in [2.24, 2.45) is 5.92 Å². The summed E-state index contributed by atoms with van der Waals surface area (Å²) in [5.41, 5.74) is 3.16. The molecule has 0 aromatic heterocycles. The molecule has 1 fully saturated rings. The van der Waals surface area contributed by atoms with Crippen LogP contribution in [-0.2, 0) is 6.54 Å². The minimum Gasteiger partial charge on any atom is -0.495 e. The standard InChI is InChI=1S/C37H34FN3O5/c1-46-33-9-5-4-8-32(33)40(23-22-39-20-18-27(19-21-39)34(42)26-14-16-29(38)17-15-26)35(43)28-12-10-25(11-13-28)24-41-36(44)30-6-2-3-7-31(30)37(41)45/h2-17,27H,18-24H2,1H3. The van der Waals surface area contributed by atoms with Crippen LogP contribution in [0.4, 0.5) is 10.1 Å². The van der Waals surface area contributed by atoms with Crippen LogP contribution < -0.4 is 9.64 Å². The van der Waals surface area contributed by atoms with Crippen LogP contribution in [0.2, 0.25) is 0 Å². The summed E-state index contributed by atoms with van der Waals surface area (Å²) in [7, 11) is 1.57. The number of fused-ring (bicyclic) bond motifs is 1. The quantitative estimate of drug-likeness (QED) is 0.163. The summed E-state index contributed by atoms with van der Waals surface area (Å²) in [6.45, 7) is 2.51. The number of Topliss-reactive ketones (excluding diaryl/α,β-unsaturated/α-hetero) is 1. The zero-order valence-corrected chi connectivity index (χ0v) is 25.5. The van der Waals surface area contributed by atoms with E-state index in [-0.39, 0.29) is 41.8 Å². The summed E-state index contributed by atoms with van der Waals surface area (Å²) in [6.07, 6.45) is 1.38. The fourth-order valence-electron chi connectivity index (χ4n) is 6.17. The number of ketones is 1. The second-order valence-electron chi connectivity index (χ2n) is 11.6. The molecule has 0 bridgehead atoms. The third kappa shape index (κ3) is 6.32. The molecule has 0 spiro atoms. The largest absolute Gasteiger partial charge is 0.495 e. The Bertz CT molecular complexity index is 1730. The zero-order chi connectivity index (χ0) is 32.2. The maximum Gasteiger partial charge on any atom is 0.261 e. The Morgan fingerprint density at radius 2 is 1.39 bits per heavy atom. The van der Waals surface area contributed by atoms with E-state index < -0.39 is 0 Å². The van der Waals surface area contributed by atoms with E-state index in [9.17, 15) is 23.6 Å². The number of benzene rings is 4. The summed E-state index contributed by atoms with van der Waals surface area (Å²) in [4.78, 5) is 57.7. The van der Waals surface area contributed by atoms with E-state index in [1.165, 1.54) is 29.2 Å². The second-order valence-corrected chi connectivity index (χ2v) is 11.6. The molecule has 0 atom stereocenters. The first-order valence-corrected chi connectivity index (χ1v) is 15.3. The molecular weight excluding hydrogens is 585 g/mol. The summed E-state index contributed by atoms with van der Waals surface area (Å²) >= 11 is 0. The van der Waals surface area contributed by atoms with Crippen molar-refractivity contribution < 1.29 is 28.3 Å². The van der Waals surface area contributed by atoms with E-state index in [0.29, 0.717) is 72.7 Å². The number of rotatable bonds is 10. The number of ether oxygens (including phenoxy) is 1. The van der Waals surface area contributed by atoms with Crippen molar-refractivity contribution in [3.63, 3.8) is 0 Å². The van der Waals surface area contributed by atoms with Crippen molar-refractivity contribution in [3.05, 3.63) is 131 Å². The number of likely N-dealkylation sites (tertiary alicyclic amines) is 1. The van der Waals surface area contributed by atoms with Crippen molar-refractivity contribution in [3.8, 4) is 5.75 Å². The molecule has 2 aliphatic rings. The SMILES string of the molecule is COc1ccccc1N(CCN1CCC(C(=O)c2ccc(F)cc2)CC1)C(=O)c1ccc(CN2C(=O)c3ccccc3C2=O)cc1. The van der Waals surface area contributed by atoms with Crippen molar-refractivity contribution in [2.45, 2.75) is 19.4 Å². The van der Waals surface area contributed by atoms with Crippen LogP contribution in [0.3, 0.4) is 0 Å². The first kappa shape index (κ1) is 30.9. The number of hydrogen-bond acceptors (Lipinski definition) is 6. The Balaban J connectivity index is 1.12. The lowest BCUT2D eigenvalue weighted by molar-refractivity contribution is 0.0641. The number of methoxy groups -OCH3 is 1. The van der Waals surface area contributed by atoms with Crippen molar-refractivity contribution in [1.29, 1.82) is 0 Å². The van der Waals surface area contributed by atoms with E-state index in [2.05, 4.69) is 4.90 Å². The Kier molecular flexibility index (Phi) is 9.03. The second kappa shape index (κ2) is 13.5. The van der Waals surface area contributed by atoms with E-state index in [0.717, 1.165) is 5.56 Å². The minimum atomic E-state index is -0.363. The third-order valence-corrected chi connectivity index (χ3v) is 8.77. The molecule has 8 nitrogen and oxygen atoms in total. The van der Waals surface area contributed by atoms with Gasteiger partial charge < -0.3 is 14.5 Å². The van der Waals surface area contributed by atoms with Crippen LogP contribution in [0.5, 0.6) is 5.75 Å². The van der Waals surface area contributed by atoms with Gasteiger partial charge in [0.25, 0.3) is 17.7 Å². The van der Waals surface area contributed by atoms with Gasteiger partial charge in [-0.3, -0.25) is 24.1 Å². The van der Waals surface area contributed by atoms with E-state index >= 15 is 0 Å². The first-order chi connectivity index (χ1) is 22.3. The number of halogens is 1. The molecule has 0 unspecified atom stereocenters. The Morgan fingerprint density at radius 3 is 2.02 bits per heavy atom. The summed E-state index contributed by atoms with van der Waals surface area (Å²) in [5, 5.41) is 0. The van der Waals surface area contributed by atoms with Crippen LogP contribution in [-0.4, -0.2) is 66.6 Å². The molecule has 0 saturated carbocycles. The Hall–Kier alpha value is -5.15. The van der Waals surface area contributed by atoms with E-state index in [1.54, 1.807) is 60.5 Å².